The summed E-state index contributed by atoms with van der Waals surface area (Å²) in [4.78, 5) is 11.6. The number of hydrogen-bond acceptors (Lipinski definition) is 4. The van der Waals surface area contributed by atoms with Crippen LogP contribution in [0.4, 0.5) is 0 Å². The zero-order valence-corrected chi connectivity index (χ0v) is 11.1. The van der Waals surface area contributed by atoms with E-state index in [2.05, 4.69) is 12.2 Å². The lowest BCUT2D eigenvalue weighted by Gasteiger charge is -2.44. The Morgan fingerprint density at radius 2 is 2.06 bits per heavy atom. The Morgan fingerprint density at radius 1 is 1.33 bits per heavy atom. The third-order valence-electron chi connectivity index (χ3n) is 4.02. The smallest absolute Gasteiger partial charge is 0.220 e. The first kappa shape index (κ1) is 12.4. The van der Waals surface area contributed by atoms with Crippen molar-refractivity contribution in [2.75, 3.05) is 0 Å². The summed E-state index contributed by atoms with van der Waals surface area (Å²) in [7, 11) is 0. The highest BCUT2D eigenvalue weighted by atomic mass is 16.8. The Bertz CT molecular complexity index is 357. The number of hydrogen-bond donors (Lipinski definition) is 1. The molecule has 18 heavy (non-hydrogen) atoms. The van der Waals surface area contributed by atoms with Gasteiger partial charge >= 0.3 is 0 Å². The number of fused-ring (bicyclic) bond motifs is 3. The molecule has 0 bridgehead atoms. The van der Waals surface area contributed by atoms with E-state index >= 15 is 0 Å². The van der Waals surface area contributed by atoms with Crippen molar-refractivity contribution in [2.24, 2.45) is 0 Å². The number of amides is 1. The van der Waals surface area contributed by atoms with Crippen LogP contribution in [0.3, 0.4) is 0 Å². The Kier molecular flexibility index (Phi) is 2.88. The van der Waals surface area contributed by atoms with E-state index < -0.39 is 5.79 Å². The third kappa shape index (κ3) is 1.94. The van der Waals surface area contributed by atoms with Crippen LogP contribution in [0.25, 0.3) is 0 Å². The van der Waals surface area contributed by atoms with Gasteiger partial charge in [0.1, 0.15) is 12.2 Å². The molecular formula is C13H21NO4. The lowest BCUT2D eigenvalue weighted by atomic mass is 9.87. The van der Waals surface area contributed by atoms with Gasteiger partial charge in [0.15, 0.2) is 5.79 Å². The summed E-state index contributed by atoms with van der Waals surface area (Å²) in [6.07, 6.45) is 2.17. The fourth-order valence-corrected chi connectivity index (χ4v) is 3.26. The van der Waals surface area contributed by atoms with E-state index in [-0.39, 0.29) is 36.4 Å². The number of ether oxygens (including phenoxy) is 3. The Labute approximate surface area is 107 Å². The summed E-state index contributed by atoms with van der Waals surface area (Å²) in [5.41, 5.74) is 0. The second-order valence-corrected chi connectivity index (χ2v) is 5.82. The molecule has 5 nitrogen and oxygen atoms in total. The van der Waals surface area contributed by atoms with Crippen LogP contribution in [0, 0.1) is 0 Å². The minimum atomic E-state index is -0.594. The zero-order valence-electron chi connectivity index (χ0n) is 11.1. The van der Waals surface area contributed by atoms with Crippen molar-refractivity contribution < 1.29 is 19.0 Å². The largest absolute Gasteiger partial charge is 0.370 e. The maximum Gasteiger partial charge on any atom is 0.220 e. The van der Waals surface area contributed by atoms with Gasteiger partial charge < -0.3 is 19.5 Å². The molecule has 1 N–H and O–H groups in total. The average Bonchev–Trinajstić information content (AvgIpc) is 2.64. The van der Waals surface area contributed by atoms with Gasteiger partial charge in [-0.25, -0.2) is 0 Å². The molecule has 3 aliphatic rings. The molecule has 102 valence electrons. The van der Waals surface area contributed by atoms with Crippen molar-refractivity contribution >= 4 is 5.91 Å². The minimum Gasteiger partial charge on any atom is -0.370 e. The van der Waals surface area contributed by atoms with E-state index in [0.717, 1.165) is 12.8 Å². The summed E-state index contributed by atoms with van der Waals surface area (Å²) in [6, 6.07) is -0.0687. The fourth-order valence-electron chi connectivity index (χ4n) is 3.26. The summed E-state index contributed by atoms with van der Waals surface area (Å²) < 4.78 is 18.0. The second kappa shape index (κ2) is 4.18. The number of rotatable bonds is 1. The quantitative estimate of drug-likeness (QED) is 0.758. The molecule has 0 saturated carbocycles. The van der Waals surface area contributed by atoms with Crippen LogP contribution in [0.2, 0.25) is 0 Å². The van der Waals surface area contributed by atoms with Gasteiger partial charge in [0.05, 0.1) is 18.2 Å². The van der Waals surface area contributed by atoms with E-state index in [9.17, 15) is 4.79 Å². The first-order valence-electron chi connectivity index (χ1n) is 6.80. The van der Waals surface area contributed by atoms with Crippen molar-refractivity contribution in [3.05, 3.63) is 0 Å². The minimum absolute atomic E-state index is 0.0615. The molecule has 3 saturated heterocycles. The SMILES string of the molecule is CC[C@H]1O[C@@H]2CCC(=O)N[C@@H]2[C@H]2OC(C)(C)O[C@H]21. The van der Waals surface area contributed by atoms with Crippen LogP contribution in [0.15, 0.2) is 0 Å². The van der Waals surface area contributed by atoms with Crippen molar-refractivity contribution in [3.63, 3.8) is 0 Å². The van der Waals surface area contributed by atoms with Crippen LogP contribution in [0.1, 0.15) is 40.0 Å². The van der Waals surface area contributed by atoms with Gasteiger partial charge in [0.2, 0.25) is 5.91 Å². The van der Waals surface area contributed by atoms with Gasteiger partial charge in [-0.05, 0) is 26.7 Å². The third-order valence-corrected chi connectivity index (χ3v) is 4.02. The van der Waals surface area contributed by atoms with E-state index in [4.69, 9.17) is 14.2 Å². The molecule has 0 unspecified atom stereocenters. The Balaban J connectivity index is 1.85. The fraction of sp³-hybridized carbons (Fsp3) is 0.923. The molecule has 3 fully saturated rings. The van der Waals surface area contributed by atoms with E-state index in [1.165, 1.54) is 0 Å². The maximum atomic E-state index is 11.6. The topological polar surface area (TPSA) is 56.8 Å². The number of carbonyl (C=O) groups is 1. The number of carbonyl (C=O) groups excluding carboxylic acids is 1. The standard InChI is InChI=1S/C13H21NO4/c1-4-7-11-12(18-13(2,3)17-11)10-8(16-7)5-6-9(15)14-10/h7-8,10-12H,4-6H2,1-3H3,(H,14,15)/t7-,8-,10+,11+,12-/m1/s1. The molecule has 3 rings (SSSR count). The van der Waals surface area contributed by atoms with Crippen molar-refractivity contribution in [3.8, 4) is 0 Å². The van der Waals surface area contributed by atoms with E-state index in [1.807, 2.05) is 13.8 Å². The molecule has 0 radical (unpaired) electrons. The summed E-state index contributed by atoms with van der Waals surface area (Å²) in [5.74, 6) is -0.509. The number of piperidine rings is 1. The van der Waals surface area contributed by atoms with Crippen LogP contribution >= 0.6 is 0 Å². The molecule has 0 aliphatic carbocycles. The lowest BCUT2D eigenvalue weighted by molar-refractivity contribution is -0.167. The van der Waals surface area contributed by atoms with E-state index in [0.29, 0.717) is 6.42 Å². The molecule has 5 heteroatoms. The Hall–Kier alpha value is -0.650. The highest BCUT2D eigenvalue weighted by molar-refractivity contribution is 5.77. The van der Waals surface area contributed by atoms with Crippen molar-refractivity contribution in [1.82, 2.24) is 5.32 Å². The van der Waals surface area contributed by atoms with Crippen LogP contribution in [-0.4, -0.2) is 42.2 Å². The predicted octanol–water partition coefficient (Wildman–Crippen LogP) is 0.962. The average molecular weight is 255 g/mol. The molecule has 3 aliphatic heterocycles. The molecule has 5 atom stereocenters. The summed E-state index contributed by atoms with van der Waals surface area (Å²) in [6.45, 7) is 5.92. The van der Waals surface area contributed by atoms with Crippen molar-refractivity contribution in [2.45, 2.75) is 76.3 Å². The molecule has 0 aromatic carbocycles. The number of nitrogens with one attached hydrogen (secondary N) is 1. The first-order chi connectivity index (χ1) is 8.50. The molecule has 0 aromatic rings. The zero-order chi connectivity index (χ0) is 12.9. The van der Waals surface area contributed by atoms with E-state index in [1.54, 1.807) is 0 Å². The Morgan fingerprint density at radius 3 is 2.78 bits per heavy atom. The van der Waals surface area contributed by atoms with Gasteiger partial charge in [-0.15, -0.1) is 0 Å². The lowest BCUT2D eigenvalue weighted by Crippen LogP contribution is -2.64. The maximum absolute atomic E-state index is 11.6. The summed E-state index contributed by atoms with van der Waals surface area (Å²) >= 11 is 0. The molecule has 1 amide bonds. The molecule has 0 aromatic heterocycles. The predicted molar refractivity (Wildman–Crippen MR) is 63.9 cm³/mol. The van der Waals surface area contributed by atoms with Gasteiger partial charge in [0.25, 0.3) is 0 Å². The van der Waals surface area contributed by atoms with Crippen LogP contribution in [-0.2, 0) is 19.0 Å². The summed E-state index contributed by atoms with van der Waals surface area (Å²) in [5, 5.41) is 3.00. The highest BCUT2D eigenvalue weighted by Gasteiger charge is 2.55. The highest BCUT2D eigenvalue weighted by Crippen LogP contribution is 2.40. The van der Waals surface area contributed by atoms with Gasteiger partial charge in [-0.1, -0.05) is 6.92 Å². The first-order valence-corrected chi connectivity index (χ1v) is 6.80. The van der Waals surface area contributed by atoms with Crippen LogP contribution in [0.5, 0.6) is 0 Å². The normalized spacial score (nSPS) is 46.2. The molecule has 3 heterocycles. The molecular weight excluding hydrogens is 234 g/mol. The van der Waals surface area contributed by atoms with Gasteiger partial charge in [-0.2, -0.15) is 0 Å². The van der Waals surface area contributed by atoms with Gasteiger partial charge in [-0.3, -0.25) is 4.79 Å². The van der Waals surface area contributed by atoms with Crippen molar-refractivity contribution in [1.29, 1.82) is 0 Å². The molecule has 0 spiro atoms. The monoisotopic (exact) mass is 255 g/mol. The second-order valence-electron chi connectivity index (χ2n) is 5.82. The van der Waals surface area contributed by atoms with Gasteiger partial charge in [0, 0.05) is 6.42 Å². The van der Waals surface area contributed by atoms with Crippen LogP contribution < -0.4 is 5.32 Å².